The van der Waals surface area contributed by atoms with Crippen molar-refractivity contribution in [1.82, 2.24) is 5.32 Å². The minimum Gasteiger partial charge on any atom is -0.352 e. The summed E-state index contributed by atoms with van der Waals surface area (Å²) in [5.41, 5.74) is 6.88. The maximum atomic E-state index is 14.0. The maximum absolute atomic E-state index is 14.0. The molecule has 1 aliphatic rings. The van der Waals surface area contributed by atoms with Crippen molar-refractivity contribution in [2.75, 3.05) is 6.26 Å². The Morgan fingerprint density at radius 3 is 2.58 bits per heavy atom. The van der Waals surface area contributed by atoms with Crippen molar-refractivity contribution < 1.29 is 9.18 Å². The summed E-state index contributed by atoms with van der Waals surface area (Å²) in [6.45, 7) is 2.51. The average Bonchev–Trinajstić information content (AvgIpc) is 3.09. The molecule has 0 heterocycles. The van der Waals surface area contributed by atoms with E-state index in [1.54, 1.807) is 17.8 Å². The molecule has 0 aromatic heterocycles. The Morgan fingerprint density at radius 2 is 1.84 bits per heavy atom. The number of carbonyl (C=O) groups is 1. The zero-order valence-electron chi connectivity index (χ0n) is 17.6. The summed E-state index contributed by atoms with van der Waals surface area (Å²) in [4.78, 5) is 13.8. The smallest absolute Gasteiger partial charge is 0.224 e. The van der Waals surface area contributed by atoms with Gasteiger partial charge in [-0.1, -0.05) is 48.0 Å². The van der Waals surface area contributed by atoms with Crippen LogP contribution in [0, 0.1) is 12.7 Å². The van der Waals surface area contributed by atoms with E-state index in [0.717, 1.165) is 39.0 Å². The van der Waals surface area contributed by atoms with Crippen LogP contribution >= 0.6 is 11.8 Å². The number of carbonyl (C=O) groups excluding carboxylic acids is 1. The fourth-order valence-corrected chi connectivity index (χ4v) is 4.19. The first-order valence-electron chi connectivity index (χ1n) is 10.2. The van der Waals surface area contributed by atoms with E-state index in [9.17, 15) is 9.18 Å². The van der Waals surface area contributed by atoms with Gasteiger partial charge >= 0.3 is 0 Å². The highest BCUT2D eigenvalue weighted by atomic mass is 32.2. The Kier molecular flexibility index (Phi) is 6.38. The predicted molar refractivity (Wildman–Crippen MR) is 128 cm³/mol. The monoisotopic (exact) mass is 429 g/mol. The molecule has 1 N–H and O–H groups in total. The van der Waals surface area contributed by atoms with Gasteiger partial charge in [-0.2, -0.15) is 0 Å². The van der Waals surface area contributed by atoms with Gasteiger partial charge in [-0.05, 0) is 83.0 Å². The van der Waals surface area contributed by atoms with Crippen molar-refractivity contribution in [2.45, 2.75) is 24.8 Å². The zero-order valence-corrected chi connectivity index (χ0v) is 18.4. The molecule has 2 nitrogen and oxygen atoms in total. The highest BCUT2D eigenvalue weighted by Crippen LogP contribution is 2.38. The third-order valence-corrected chi connectivity index (χ3v) is 6.07. The van der Waals surface area contributed by atoms with Gasteiger partial charge in [-0.15, -0.1) is 11.8 Å². The molecule has 0 aliphatic heterocycles. The van der Waals surface area contributed by atoms with Gasteiger partial charge in [0.05, 0.1) is 6.42 Å². The minimum atomic E-state index is -0.296. The van der Waals surface area contributed by atoms with Crippen LogP contribution < -0.4 is 5.32 Å². The molecule has 0 radical (unpaired) electrons. The van der Waals surface area contributed by atoms with Crippen molar-refractivity contribution in [3.05, 3.63) is 106 Å². The Balaban J connectivity index is 1.54. The lowest BCUT2D eigenvalue weighted by atomic mass is 10.0. The fourth-order valence-electron chi connectivity index (χ4n) is 3.78. The Bertz CT molecular complexity index is 1180. The highest BCUT2D eigenvalue weighted by Gasteiger charge is 2.21. The molecule has 0 spiro atoms. The molecule has 3 aromatic rings. The summed E-state index contributed by atoms with van der Waals surface area (Å²) in [7, 11) is 0. The topological polar surface area (TPSA) is 29.1 Å². The first-order valence-corrected chi connectivity index (χ1v) is 11.4. The number of halogens is 1. The number of thioether (sulfide) groups is 1. The van der Waals surface area contributed by atoms with Gasteiger partial charge in [-0.25, -0.2) is 4.39 Å². The Hall–Kier alpha value is -3.11. The fraction of sp³-hybridized carbons (Fsp3) is 0.148. The molecule has 0 unspecified atom stereocenters. The van der Waals surface area contributed by atoms with Gasteiger partial charge in [0.1, 0.15) is 5.82 Å². The standard InChI is InChI=1S/C27H24FNOS/c1-18-4-3-5-20(12-18)17-29-27(30)15-22-14-21(25-11-8-23(28)16-26(22)25)13-19-6-9-24(31-2)10-7-19/h3-14,16H,15,17H2,1-2H3,(H,29,30)/b21-13+. The van der Waals surface area contributed by atoms with Gasteiger partial charge in [0.25, 0.3) is 0 Å². The van der Waals surface area contributed by atoms with Gasteiger partial charge in [0, 0.05) is 11.4 Å². The lowest BCUT2D eigenvalue weighted by Crippen LogP contribution is -2.22. The van der Waals surface area contributed by atoms with E-state index in [1.165, 1.54) is 17.0 Å². The van der Waals surface area contributed by atoms with Crippen LogP contribution in [0.2, 0.25) is 0 Å². The van der Waals surface area contributed by atoms with Gasteiger partial charge in [0.2, 0.25) is 5.91 Å². The number of rotatable bonds is 6. The number of benzene rings is 3. The highest BCUT2D eigenvalue weighted by molar-refractivity contribution is 7.98. The maximum Gasteiger partial charge on any atom is 0.224 e. The number of fused-ring (bicyclic) bond motifs is 1. The molecule has 0 bridgehead atoms. The number of hydrogen-bond donors (Lipinski definition) is 1. The van der Waals surface area contributed by atoms with E-state index in [-0.39, 0.29) is 18.1 Å². The second-order valence-corrected chi connectivity index (χ2v) is 8.55. The molecule has 3 aromatic carbocycles. The number of allylic oxidation sites excluding steroid dienone is 2. The summed E-state index contributed by atoms with van der Waals surface area (Å²) in [5.74, 6) is -0.371. The number of aryl methyl sites for hydroxylation is 1. The third-order valence-electron chi connectivity index (χ3n) is 5.33. The lowest BCUT2D eigenvalue weighted by Gasteiger charge is -2.08. The molecule has 156 valence electrons. The molecular weight excluding hydrogens is 405 g/mol. The molecule has 0 saturated carbocycles. The van der Waals surface area contributed by atoms with Crippen molar-refractivity contribution in [1.29, 1.82) is 0 Å². The molecule has 1 amide bonds. The second-order valence-electron chi connectivity index (χ2n) is 7.67. The van der Waals surface area contributed by atoms with Crippen LogP contribution in [-0.4, -0.2) is 12.2 Å². The van der Waals surface area contributed by atoms with Crippen molar-refractivity contribution in [3.63, 3.8) is 0 Å². The first-order chi connectivity index (χ1) is 15.0. The summed E-state index contributed by atoms with van der Waals surface area (Å²) >= 11 is 1.70. The molecule has 0 fully saturated rings. The Morgan fingerprint density at radius 1 is 1.03 bits per heavy atom. The molecule has 1 aliphatic carbocycles. The molecule has 31 heavy (non-hydrogen) atoms. The van der Waals surface area contributed by atoms with Gasteiger partial charge in [-0.3, -0.25) is 4.79 Å². The lowest BCUT2D eigenvalue weighted by molar-refractivity contribution is -0.120. The van der Waals surface area contributed by atoms with Gasteiger partial charge < -0.3 is 5.32 Å². The van der Waals surface area contributed by atoms with E-state index < -0.39 is 0 Å². The normalized spacial score (nSPS) is 13.8. The zero-order chi connectivity index (χ0) is 21.8. The predicted octanol–water partition coefficient (Wildman–Crippen LogP) is 6.50. The van der Waals surface area contributed by atoms with E-state index >= 15 is 0 Å². The molecule has 4 rings (SSSR count). The second kappa shape index (κ2) is 9.36. The first kappa shape index (κ1) is 21.1. The van der Waals surface area contributed by atoms with E-state index in [2.05, 4.69) is 41.7 Å². The van der Waals surface area contributed by atoms with Crippen LogP contribution in [-0.2, 0) is 11.3 Å². The van der Waals surface area contributed by atoms with Crippen LogP contribution in [0.4, 0.5) is 4.39 Å². The molecule has 4 heteroatoms. The minimum absolute atomic E-state index is 0.0754. The summed E-state index contributed by atoms with van der Waals surface area (Å²) in [6.07, 6.45) is 6.34. The van der Waals surface area contributed by atoms with Crippen molar-refractivity contribution in [3.8, 4) is 0 Å². The molecular formula is C27H24FNOS. The quantitative estimate of drug-likeness (QED) is 0.453. The largest absolute Gasteiger partial charge is 0.352 e. The van der Waals surface area contributed by atoms with Crippen molar-refractivity contribution in [2.24, 2.45) is 0 Å². The van der Waals surface area contributed by atoms with Crippen molar-refractivity contribution >= 4 is 34.9 Å². The summed E-state index contributed by atoms with van der Waals surface area (Å²) in [5, 5.41) is 2.98. The van der Waals surface area contributed by atoms with Crippen LogP contribution in [0.15, 0.2) is 77.7 Å². The third kappa shape index (κ3) is 5.15. The number of amides is 1. The van der Waals surface area contributed by atoms with Crippen LogP contribution in [0.3, 0.4) is 0 Å². The number of nitrogens with one attached hydrogen (secondary N) is 1. The van der Waals surface area contributed by atoms with E-state index in [1.807, 2.05) is 37.5 Å². The van der Waals surface area contributed by atoms with Crippen LogP contribution in [0.25, 0.3) is 17.2 Å². The summed E-state index contributed by atoms with van der Waals surface area (Å²) in [6, 6.07) is 21.2. The van der Waals surface area contributed by atoms with Crippen LogP contribution in [0.5, 0.6) is 0 Å². The molecule has 0 atom stereocenters. The SMILES string of the molecule is CSc1ccc(/C=C2\C=C(CC(=O)NCc3cccc(C)c3)c3cc(F)ccc32)cc1. The van der Waals surface area contributed by atoms with Gasteiger partial charge in [0.15, 0.2) is 0 Å². The average molecular weight is 430 g/mol. The molecule has 0 saturated heterocycles. The van der Waals surface area contributed by atoms with E-state index in [0.29, 0.717) is 6.54 Å². The number of hydrogen-bond acceptors (Lipinski definition) is 2. The van der Waals surface area contributed by atoms with Crippen LogP contribution in [0.1, 0.15) is 34.2 Å². The summed E-state index contributed by atoms with van der Waals surface area (Å²) < 4.78 is 14.0. The Labute approximate surface area is 186 Å². The van der Waals surface area contributed by atoms with E-state index in [4.69, 9.17) is 0 Å².